The van der Waals surface area contributed by atoms with Gasteiger partial charge in [0.05, 0.1) is 5.41 Å². The van der Waals surface area contributed by atoms with Gasteiger partial charge in [-0.25, -0.2) is 0 Å². The van der Waals surface area contributed by atoms with Gasteiger partial charge in [0.2, 0.25) is 5.91 Å². The fourth-order valence-corrected chi connectivity index (χ4v) is 3.30. The van der Waals surface area contributed by atoms with Crippen LogP contribution in [0.15, 0.2) is 24.3 Å². The van der Waals surface area contributed by atoms with Gasteiger partial charge in [-0.15, -0.1) is 0 Å². The van der Waals surface area contributed by atoms with Crippen LogP contribution in [0.25, 0.3) is 0 Å². The Morgan fingerprint density at radius 1 is 1.26 bits per heavy atom. The monoisotopic (exact) mass is 257 g/mol. The number of benzene rings is 1. The van der Waals surface area contributed by atoms with Crippen molar-refractivity contribution in [3.8, 4) is 0 Å². The lowest BCUT2D eigenvalue weighted by atomic mass is 9.91. The summed E-state index contributed by atoms with van der Waals surface area (Å²) >= 11 is 0. The highest BCUT2D eigenvalue weighted by Crippen LogP contribution is 2.50. The van der Waals surface area contributed by atoms with Crippen LogP contribution in [0.3, 0.4) is 0 Å². The number of amides is 1. The van der Waals surface area contributed by atoms with E-state index in [4.69, 9.17) is 0 Å². The first-order chi connectivity index (χ1) is 9.12. The summed E-state index contributed by atoms with van der Waals surface area (Å²) in [6.07, 6.45) is 4.48. The first-order valence-corrected chi connectivity index (χ1v) is 7.48. The molecule has 0 bridgehead atoms. The largest absolute Gasteiger partial charge is 0.342 e. The number of hydrogen-bond donors (Lipinski definition) is 0. The van der Waals surface area contributed by atoms with Gasteiger partial charge >= 0.3 is 0 Å². The molecule has 19 heavy (non-hydrogen) atoms. The first kappa shape index (κ1) is 12.7. The van der Waals surface area contributed by atoms with Gasteiger partial charge in [-0.1, -0.05) is 36.8 Å². The minimum absolute atomic E-state index is 0.176. The van der Waals surface area contributed by atoms with Crippen LogP contribution in [0, 0.1) is 12.8 Å². The highest BCUT2D eigenvalue weighted by atomic mass is 16.2. The Balaban J connectivity index is 1.80. The third-order valence-electron chi connectivity index (χ3n) is 4.71. The van der Waals surface area contributed by atoms with Crippen LogP contribution < -0.4 is 0 Å². The zero-order valence-electron chi connectivity index (χ0n) is 12.0. The molecule has 1 saturated heterocycles. The third kappa shape index (κ3) is 2.29. The van der Waals surface area contributed by atoms with Gasteiger partial charge in [0.25, 0.3) is 0 Å². The van der Waals surface area contributed by atoms with Gasteiger partial charge in [0, 0.05) is 13.1 Å². The standard InChI is InChI=1S/C17H23NO/c1-13-5-7-15(8-6-13)17(9-10-17)16(19)18-11-3-4-14(2)12-18/h5-8,14H,3-4,9-12H2,1-2H3. The van der Waals surface area contributed by atoms with E-state index in [9.17, 15) is 4.79 Å². The van der Waals surface area contributed by atoms with Crippen molar-refractivity contribution < 1.29 is 4.79 Å². The Morgan fingerprint density at radius 3 is 2.53 bits per heavy atom. The molecule has 2 aliphatic rings. The van der Waals surface area contributed by atoms with E-state index in [1.54, 1.807) is 0 Å². The smallest absolute Gasteiger partial charge is 0.233 e. The zero-order valence-corrected chi connectivity index (χ0v) is 12.0. The molecule has 1 aliphatic carbocycles. The second-order valence-electron chi connectivity index (χ2n) is 6.45. The molecule has 1 aliphatic heterocycles. The molecule has 0 aromatic heterocycles. The molecule has 1 heterocycles. The predicted molar refractivity (Wildman–Crippen MR) is 77.1 cm³/mol. The van der Waals surface area contributed by atoms with Crippen molar-refractivity contribution >= 4 is 5.91 Å². The highest BCUT2D eigenvalue weighted by molar-refractivity contribution is 5.91. The maximum Gasteiger partial charge on any atom is 0.233 e. The molecule has 1 aromatic rings. The summed E-state index contributed by atoms with van der Waals surface area (Å²) in [4.78, 5) is 15.0. The molecule has 1 saturated carbocycles. The van der Waals surface area contributed by atoms with E-state index in [0.717, 1.165) is 32.4 Å². The summed E-state index contributed by atoms with van der Waals surface area (Å²) in [5.74, 6) is 1.04. The molecular weight excluding hydrogens is 234 g/mol. The maximum absolute atomic E-state index is 12.8. The first-order valence-electron chi connectivity index (χ1n) is 7.48. The summed E-state index contributed by atoms with van der Waals surface area (Å²) in [6, 6.07) is 8.55. The minimum atomic E-state index is -0.176. The number of hydrogen-bond acceptors (Lipinski definition) is 1. The molecule has 2 heteroatoms. The van der Waals surface area contributed by atoms with Crippen LogP contribution in [0.5, 0.6) is 0 Å². The SMILES string of the molecule is Cc1ccc(C2(C(=O)N3CCCC(C)C3)CC2)cc1. The number of carbonyl (C=O) groups excluding carboxylic acids is 1. The van der Waals surface area contributed by atoms with Crippen molar-refractivity contribution in [2.24, 2.45) is 5.92 Å². The molecule has 2 nitrogen and oxygen atoms in total. The molecule has 0 radical (unpaired) electrons. The summed E-state index contributed by atoms with van der Waals surface area (Å²) in [5, 5.41) is 0. The summed E-state index contributed by atoms with van der Waals surface area (Å²) < 4.78 is 0. The molecule has 3 rings (SSSR count). The molecule has 0 N–H and O–H groups in total. The average molecular weight is 257 g/mol. The summed E-state index contributed by atoms with van der Waals surface area (Å²) in [7, 11) is 0. The van der Waals surface area contributed by atoms with Gasteiger partial charge in [-0.3, -0.25) is 4.79 Å². The van der Waals surface area contributed by atoms with Crippen molar-refractivity contribution in [3.05, 3.63) is 35.4 Å². The number of carbonyl (C=O) groups is 1. The molecular formula is C17H23NO. The third-order valence-corrected chi connectivity index (χ3v) is 4.71. The highest BCUT2D eigenvalue weighted by Gasteiger charge is 2.53. The van der Waals surface area contributed by atoms with Crippen LogP contribution in [-0.2, 0) is 10.2 Å². The number of likely N-dealkylation sites (tertiary alicyclic amines) is 1. The van der Waals surface area contributed by atoms with Crippen LogP contribution >= 0.6 is 0 Å². The lowest BCUT2D eigenvalue weighted by molar-refractivity contribution is -0.135. The molecule has 1 aromatic carbocycles. The van der Waals surface area contributed by atoms with Crippen LogP contribution in [0.4, 0.5) is 0 Å². The van der Waals surface area contributed by atoms with E-state index in [2.05, 4.69) is 43.0 Å². The predicted octanol–water partition coefficient (Wildman–Crippen LogP) is 3.29. The fourth-order valence-electron chi connectivity index (χ4n) is 3.30. The second kappa shape index (κ2) is 4.66. The topological polar surface area (TPSA) is 20.3 Å². The van der Waals surface area contributed by atoms with Gasteiger partial charge in [-0.2, -0.15) is 0 Å². The van der Waals surface area contributed by atoms with E-state index in [0.29, 0.717) is 11.8 Å². The van der Waals surface area contributed by atoms with E-state index in [1.165, 1.54) is 17.5 Å². The van der Waals surface area contributed by atoms with E-state index >= 15 is 0 Å². The number of aryl methyl sites for hydroxylation is 1. The number of nitrogens with zero attached hydrogens (tertiary/aromatic N) is 1. The van der Waals surface area contributed by atoms with Crippen LogP contribution in [-0.4, -0.2) is 23.9 Å². The van der Waals surface area contributed by atoms with E-state index in [-0.39, 0.29) is 5.41 Å². The Bertz CT molecular complexity index is 473. The number of rotatable bonds is 2. The lowest BCUT2D eigenvalue weighted by Crippen LogP contribution is -2.44. The number of piperidine rings is 1. The molecule has 1 unspecified atom stereocenters. The van der Waals surface area contributed by atoms with E-state index in [1.807, 2.05) is 0 Å². The fraction of sp³-hybridized carbons (Fsp3) is 0.588. The van der Waals surface area contributed by atoms with Gasteiger partial charge in [-0.05, 0) is 44.1 Å². The molecule has 2 fully saturated rings. The Labute approximate surface area is 115 Å². The van der Waals surface area contributed by atoms with Crippen molar-refractivity contribution in [1.29, 1.82) is 0 Å². The van der Waals surface area contributed by atoms with Gasteiger partial charge in [0.15, 0.2) is 0 Å². The van der Waals surface area contributed by atoms with Crippen LogP contribution in [0.2, 0.25) is 0 Å². The molecule has 0 spiro atoms. The summed E-state index contributed by atoms with van der Waals surface area (Å²) in [5.41, 5.74) is 2.31. The minimum Gasteiger partial charge on any atom is -0.342 e. The zero-order chi connectivity index (χ0) is 13.5. The van der Waals surface area contributed by atoms with Gasteiger partial charge in [0.1, 0.15) is 0 Å². The van der Waals surface area contributed by atoms with Crippen molar-refractivity contribution in [1.82, 2.24) is 4.90 Å². The van der Waals surface area contributed by atoms with Gasteiger partial charge < -0.3 is 4.90 Å². The van der Waals surface area contributed by atoms with Crippen LogP contribution in [0.1, 0.15) is 43.7 Å². The Morgan fingerprint density at radius 2 is 1.95 bits per heavy atom. The quantitative estimate of drug-likeness (QED) is 0.796. The summed E-state index contributed by atoms with van der Waals surface area (Å²) in [6.45, 7) is 6.26. The van der Waals surface area contributed by atoms with Crippen molar-refractivity contribution in [3.63, 3.8) is 0 Å². The molecule has 1 amide bonds. The maximum atomic E-state index is 12.8. The Kier molecular flexibility index (Phi) is 3.12. The van der Waals surface area contributed by atoms with Crippen molar-refractivity contribution in [2.45, 2.75) is 44.9 Å². The molecule has 102 valence electrons. The normalized spacial score (nSPS) is 25.2. The van der Waals surface area contributed by atoms with Crippen molar-refractivity contribution in [2.75, 3.05) is 13.1 Å². The van der Waals surface area contributed by atoms with E-state index < -0.39 is 0 Å². The average Bonchev–Trinajstić information content (AvgIpc) is 3.20. The lowest BCUT2D eigenvalue weighted by Gasteiger charge is -2.34. The molecule has 1 atom stereocenters. The Hall–Kier alpha value is -1.31. The second-order valence-corrected chi connectivity index (χ2v) is 6.45.